The van der Waals surface area contributed by atoms with Crippen molar-refractivity contribution in [3.63, 3.8) is 0 Å². The van der Waals surface area contributed by atoms with Crippen LogP contribution in [0, 0.1) is 0 Å². The minimum absolute atomic E-state index is 0. The molecule has 1 radical (unpaired) electrons. The molecule has 0 saturated heterocycles. The van der Waals surface area contributed by atoms with Crippen LogP contribution >= 0.6 is 23.2 Å². The monoisotopic (exact) mass is 603 g/mol. The number of carbonyl (C=O) groups excluding carboxylic acids is 1. The van der Waals surface area contributed by atoms with Gasteiger partial charge in [0.15, 0.2) is 6.10 Å². The molecule has 0 fully saturated rings. The average molecular weight is 604 g/mol. The van der Waals surface area contributed by atoms with Gasteiger partial charge in [0.2, 0.25) is 5.88 Å². The third-order valence-corrected chi connectivity index (χ3v) is 4.89. The maximum absolute atomic E-state index is 12.3. The number of hydrogen-bond donors (Lipinski definition) is 4. The number of pyridine rings is 1. The van der Waals surface area contributed by atoms with Gasteiger partial charge in [0, 0.05) is 52.0 Å². The molecule has 2 aromatic rings. The number of aliphatic carboxylic acids is 1. The van der Waals surface area contributed by atoms with Gasteiger partial charge in [0.25, 0.3) is 5.91 Å². The number of aromatic nitrogens is 1. The number of benzene rings is 1. The van der Waals surface area contributed by atoms with E-state index in [1.165, 1.54) is 12.3 Å². The first-order chi connectivity index (χ1) is 16.2. The Labute approximate surface area is 240 Å². The predicted molar refractivity (Wildman–Crippen MR) is 132 cm³/mol. The van der Waals surface area contributed by atoms with Crippen molar-refractivity contribution in [2.24, 2.45) is 0 Å². The number of carboxylic acids is 1. The summed E-state index contributed by atoms with van der Waals surface area (Å²) in [6, 6.07) is 8.53. The first-order valence-corrected chi connectivity index (χ1v) is 11.2. The summed E-state index contributed by atoms with van der Waals surface area (Å²) < 4.78 is 5.58. The summed E-state index contributed by atoms with van der Waals surface area (Å²) >= 11 is 11.8. The van der Waals surface area contributed by atoms with Gasteiger partial charge < -0.3 is 25.8 Å². The Bertz CT molecular complexity index is 926. The number of likely N-dealkylation sites (N-methyl/N-ethyl adjacent to an activating group) is 1. The second-order valence-corrected chi connectivity index (χ2v) is 8.03. The topological polar surface area (TPSA) is 148 Å². The molecule has 0 bridgehead atoms. The molecule has 1 amide bonds. The van der Waals surface area contributed by atoms with Crippen molar-refractivity contribution < 1.29 is 57.3 Å². The second kappa shape index (κ2) is 18.7. The number of nitrogens with zero attached hydrogens (tertiary/aromatic N) is 2. The largest absolute Gasteiger partial charge is 0.676 e. The van der Waals surface area contributed by atoms with Gasteiger partial charge in [-0.3, -0.25) is 20.3 Å². The second-order valence-electron chi connectivity index (χ2n) is 7.18. The quantitative estimate of drug-likeness (QED) is 0.265. The zero-order chi connectivity index (χ0) is 25.5. The van der Waals surface area contributed by atoms with Crippen LogP contribution in [0.15, 0.2) is 36.5 Å². The summed E-state index contributed by atoms with van der Waals surface area (Å²) in [6.07, 6.45) is 1.29. The number of carboxylic acid groups (broad SMARTS) is 1. The molecular weight excluding hydrogens is 574 g/mol. The van der Waals surface area contributed by atoms with Crippen molar-refractivity contribution in [1.82, 2.24) is 15.2 Å². The molecule has 0 aliphatic rings. The van der Waals surface area contributed by atoms with Crippen LogP contribution in [0.5, 0.6) is 5.88 Å². The van der Waals surface area contributed by atoms with Crippen molar-refractivity contribution in [2.75, 3.05) is 32.2 Å². The van der Waals surface area contributed by atoms with E-state index in [1.54, 1.807) is 18.2 Å². The van der Waals surface area contributed by atoms with Gasteiger partial charge >= 0.3 is 5.97 Å². The Kier molecular flexibility index (Phi) is 17.9. The van der Waals surface area contributed by atoms with Crippen molar-refractivity contribution >= 4 is 40.8 Å². The van der Waals surface area contributed by atoms with E-state index < -0.39 is 12.1 Å². The van der Waals surface area contributed by atoms with E-state index in [1.807, 2.05) is 24.9 Å². The molecule has 35 heavy (non-hydrogen) atoms. The van der Waals surface area contributed by atoms with Crippen LogP contribution in [0.3, 0.4) is 0 Å². The van der Waals surface area contributed by atoms with Gasteiger partial charge in [0.1, 0.15) is 5.02 Å². The average Bonchev–Trinajstić information content (AvgIpc) is 2.81. The van der Waals surface area contributed by atoms with E-state index in [9.17, 15) is 9.59 Å². The van der Waals surface area contributed by atoms with Gasteiger partial charge in [-0.2, -0.15) is 0 Å². The fraction of sp³-hybridized carbons (Fsp3) is 0.409. The van der Waals surface area contributed by atoms with Gasteiger partial charge in [-0.05, 0) is 43.8 Å². The number of amides is 1. The molecule has 2 rings (SSSR count). The summed E-state index contributed by atoms with van der Waals surface area (Å²) in [5.74, 6) is -0.904. The number of hydrogen-bond acceptors (Lipinski definition) is 7. The fourth-order valence-corrected chi connectivity index (χ4v) is 3.01. The minimum Gasteiger partial charge on any atom is -0.676 e. The van der Waals surface area contributed by atoms with Crippen LogP contribution in [-0.4, -0.2) is 64.9 Å². The Morgan fingerprint density at radius 2 is 1.97 bits per heavy atom. The molecule has 10 nitrogen and oxygen atoms in total. The van der Waals surface area contributed by atoms with Gasteiger partial charge in [-0.25, -0.2) is 4.98 Å². The first-order valence-electron chi connectivity index (χ1n) is 10.5. The third-order valence-electron chi connectivity index (χ3n) is 4.41. The Morgan fingerprint density at radius 3 is 2.54 bits per heavy atom. The molecule has 1 aromatic heterocycles. The molecule has 13 heteroatoms. The normalized spacial score (nSPS) is 10.9. The standard InChI is InChI=1S/C16H17Cl2N3O3.C6H13N2O2.Y/c1-2-14(24-16-13(18)7-11(17)9-20-16)15(22)19-8-10-4-3-5-12(6-10)21-23;1-8(5-3-7)4-2-6(9)10;/h3-7,9,14,21,23H,2,8H2,1H3,(H,19,22);7H,2-5H2,1H3,(H,9,10);/q;-1;. The number of carbonyl (C=O) groups is 2. The molecule has 191 valence electrons. The Balaban J connectivity index is 0.000000895. The van der Waals surface area contributed by atoms with Crippen LogP contribution in [0.1, 0.15) is 25.3 Å². The molecule has 5 N–H and O–H groups in total. The minimum atomic E-state index is -0.781. The number of rotatable bonds is 12. The van der Waals surface area contributed by atoms with Crippen LogP contribution in [0.25, 0.3) is 5.73 Å². The van der Waals surface area contributed by atoms with E-state index in [-0.39, 0.29) is 55.9 Å². The van der Waals surface area contributed by atoms with Gasteiger partial charge in [-0.1, -0.05) is 42.3 Å². The van der Waals surface area contributed by atoms with Crippen LogP contribution in [0.4, 0.5) is 5.69 Å². The van der Waals surface area contributed by atoms with E-state index >= 15 is 0 Å². The molecule has 1 heterocycles. The third kappa shape index (κ3) is 14.0. The zero-order valence-electron chi connectivity index (χ0n) is 19.6. The Morgan fingerprint density at radius 1 is 1.26 bits per heavy atom. The van der Waals surface area contributed by atoms with Crippen LogP contribution < -0.4 is 15.5 Å². The molecule has 0 spiro atoms. The van der Waals surface area contributed by atoms with Gasteiger partial charge in [-0.15, -0.1) is 6.54 Å². The number of nitrogens with one attached hydrogen (secondary N) is 3. The van der Waals surface area contributed by atoms with E-state index in [0.717, 1.165) is 5.56 Å². The predicted octanol–water partition coefficient (Wildman–Crippen LogP) is 4.11. The molecule has 1 unspecified atom stereocenters. The zero-order valence-corrected chi connectivity index (χ0v) is 24.0. The van der Waals surface area contributed by atoms with Crippen molar-refractivity contribution in [1.29, 1.82) is 0 Å². The maximum atomic E-state index is 12.3. The summed E-state index contributed by atoms with van der Waals surface area (Å²) in [4.78, 5) is 28.1. The summed E-state index contributed by atoms with van der Waals surface area (Å²) in [5.41, 5.74) is 10.3. The van der Waals surface area contributed by atoms with E-state index in [2.05, 4.69) is 15.8 Å². The van der Waals surface area contributed by atoms with Crippen LogP contribution in [0.2, 0.25) is 10.0 Å². The molecule has 0 aliphatic heterocycles. The van der Waals surface area contributed by atoms with E-state index in [0.29, 0.717) is 43.3 Å². The number of anilines is 1. The number of ether oxygens (including phenoxy) is 1. The first kappa shape index (κ1) is 33.5. The maximum Gasteiger partial charge on any atom is 0.304 e. The SMILES string of the molecule is CCC(Oc1ncc(Cl)cc1Cl)C(=O)NCc1cccc(NO)c1.CN(CC[NH-])CCC(=O)O.[Y]. The molecule has 1 atom stereocenters. The summed E-state index contributed by atoms with van der Waals surface area (Å²) in [5, 5.41) is 20.6. The molecule has 1 aromatic carbocycles. The van der Waals surface area contributed by atoms with Crippen molar-refractivity contribution in [3.8, 4) is 5.88 Å². The summed E-state index contributed by atoms with van der Waals surface area (Å²) in [6.45, 7) is 3.64. The molecule has 0 aliphatic carbocycles. The van der Waals surface area contributed by atoms with Crippen LogP contribution in [-0.2, 0) is 48.8 Å². The number of halogens is 2. The summed E-state index contributed by atoms with van der Waals surface area (Å²) in [7, 11) is 1.82. The van der Waals surface area contributed by atoms with Crippen molar-refractivity contribution in [2.45, 2.75) is 32.4 Å². The molecular formula is C22H30Cl2N5O5Y-. The van der Waals surface area contributed by atoms with Crippen molar-refractivity contribution in [3.05, 3.63) is 57.9 Å². The smallest absolute Gasteiger partial charge is 0.304 e. The Hall–Kier alpha value is -1.53. The fourth-order valence-electron chi connectivity index (χ4n) is 2.59. The van der Waals surface area contributed by atoms with Gasteiger partial charge in [0.05, 0.1) is 17.1 Å². The molecule has 0 saturated carbocycles. The van der Waals surface area contributed by atoms with E-state index in [4.69, 9.17) is 44.0 Å².